The molecule has 19 heavy (non-hydrogen) atoms. The predicted molar refractivity (Wildman–Crippen MR) is 74.6 cm³/mol. The predicted octanol–water partition coefficient (Wildman–Crippen LogP) is 2.05. The molecule has 1 aromatic heterocycles. The third-order valence-corrected chi connectivity index (χ3v) is 3.44. The third kappa shape index (κ3) is 2.97. The molecule has 0 fully saturated rings. The Labute approximate surface area is 118 Å². The fourth-order valence-corrected chi connectivity index (χ4v) is 2.41. The van der Waals surface area contributed by atoms with E-state index in [-0.39, 0.29) is 5.69 Å². The summed E-state index contributed by atoms with van der Waals surface area (Å²) in [6.45, 7) is 0. The number of aromatic carboxylic acids is 1. The van der Waals surface area contributed by atoms with Crippen LogP contribution in [0.4, 0.5) is 0 Å². The lowest BCUT2D eigenvalue weighted by Gasteiger charge is -2.17. The number of H-pyrrole nitrogens is 1. The van der Waals surface area contributed by atoms with Gasteiger partial charge in [-0.05, 0) is 30.2 Å². The van der Waals surface area contributed by atoms with Crippen molar-refractivity contribution in [3.63, 3.8) is 0 Å². The number of hydrogen-bond donors (Lipinski definition) is 4. The summed E-state index contributed by atoms with van der Waals surface area (Å²) in [5.41, 5.74) is 1.35. The van der Waals surface area contributed by atoms with Crippen LogP contribution in [0.15, 0.2) is 24.3 Å². The Morgan fingerprint density at radius 1 is 1.32 bits per heavy atom. The number of halogens is 1. The van der Waals surface area contributed by atoms with E-state index in [0.29, 0.717) is 28.2 Å². The highest BCUT2D eigenvalue weighted by Crippen LogP contribution is 2.24. The van der Waals surface area contributed by atoms with Crippen molar-refractivity contribution in [2.45, 2.75) is 18.6 Å². The molecule has 2 atom stereocenters. The number of nitrogens with one attached hydrogen (secondary N) is 1. The quantitative estimate of drug-likeness (QED) is 0.632. The second-order valence-corrected chi connectivity index (χ2v) is 5.12. The first-order valence-corrected chi connectivity index (χ1v) is 6.93. The van der Waals surface area contributed by atoms with Crippen molar-refractivity contribution in [2.24, 2.45) is 0 Å². The monoisotopic (exact) mass is 327 g/mol. The standard InChI is InChI=1S/C13H14BrNO4/c14-4-3-11(16)12(17)7-1-2-9-8(5-7)6-10(15-9)13(18)19/h1-2,5-6,11-12,15-17H,3-4H2,(H,18,19). The fourth-order valence-electron chi connectivity index (χ4n) is 1.94. The molecule has 1 aromatic carbocycles. The number of aliphatic hydroxyl groups excluding tert-OH is 2. The van der Waals surface area contributed by atoms with Crippen LogP contribution >= 0.6 is 15.9 Å². The lowest BCUT2D eigenvalue weighted by molar-refractivity contribution is 0.0174. The topological polar surface area (TPSA) is 93.6 Å². The van der Waals surface area contributed by atoms with Crippen molar-refractivity contribution in [3.8, 4) is 0 Å². The molecule has 0 radical (unpaired) electrons. The minimum absolute atomic E-state index is 0.0997. The SMILES string of the molecule is O=C(O)c1cc2cc(C(O)C(O)CCBr)ccc2[nH]1. The first-order valence-electron chi connectivity index (χ1n) is 5.81. The van der Waals surface area contributed by atoms with Gasteiger partial charge in [-0.2, -0.15) is 0 Å². The average molecular weight is 328 g/mol. The summed E-state index contributed by atoms with van der Waals surface area (Å²) in [6.07, 6.45) is -1.40. The maximum absolute atomic E-state index is 10.9. The van der Waals surface area contributed by atoms with E-state index in [1.807, 2.05) is 0 Å². The highest BCUT2D eigenvalue weighted by molar-refractivity contribution is 9.09. The van der Waals surface area contributed by atoms with Crippen LogP contribution in [0, 0.1) is 0 Å². The molecule has 5 nitrogen and oxygen atoms in total. The number of aromatic nitrogens is 1. The molecule has 0 saturated heterocycles. The Morgan fingerprint density at radius 3 is 2.68 bits per heavy atom. The summed E-state index contributed by atoms with van der Waals surface area (Å²) < 4.78 is 0. The van der Waals surface area contributed by atoms with Crippen molar-refractivity contribution >= 4 is 32.8 Å². The van der Waals surface area contributed by atoms with Gasteiger partial charge in [-0.1, -0.05) is 22.0 Å². The summed E-state index contributed by atoms with van der Waals surface area (Å²) in [5.74, 6) is -1.03. The van der Waals surface area contributed by atoms with E-state index in [2.05, 4.69) is 20.9 Å². The van der Waals surface area contributed by atoms with Crippen molar-refractivity contribution in [3.05, 3.63) is 35.5 Å². The van der Waals surface area contributed by atoms with Gasteiger partial charge in [0.1, 0.15) is 11.8 Å². The van der Waals surface area contributed by atoms with Gasteiger partial charge in [0.2, 0.25) is 0 Å². The number of benzene rings is 1. The highest BCUT2D eigenvalue weighted by atomic mass is 79.9. The van der Waals surface area contributed by atoms with E-state index in [9.17, 15) is 15.0 Å². The summed E-state index contributed by atoms with van der Waals surface area (Å²) >= 11 is 3.21. The molecule has 1 heterocycles. The van der Waals surface area contributed by atoms with Crippen LogP contribution in [0.2, 0.25) is 0 Å². The zero-order chi connectivity index (χ0) is 14.0. The molecule has 0 amide bonds. The van der Waals surface area contributed by atoms with Gasteiger partial charge in [0.05, 0.1) is 6.10 Å². The lowest BCUT2D eigenvalue weighted by atomic mass is 10.0. The van der Waals surface area contributed by atoms with E-state index in [1.54, 1.807) is 18.2 Å². The summed E-state index contributed by atoms with van der Waals surface area (Å²) in [4.78, 5) is 13.6. The molecule has 0 aliphatic rings. The van der Waals surface area contributed by atoms with Crippen molar-refractivity contribution in [1.29, 1.82) is 0 Å². The average Bonchev–Trinajstić information content (AvgIpc) is 2.81. The van der Waals surface area contributed by atoms with Gasteiger partial charge < -0.3 is 20.3 Å². The van der Waals surface area contributed by atoms with Crippen LogP contribution in [-0.4, -0.2) is 37.7 Å². The number of rotatable bonds is 5. The van der Waals surface area contributed by atoms with Gasteiger partial charge in [0.25, 0.3) is 0 Å². The van der Waals surface area contributed by atoms with E-state index in [0.717, 1.165) is 0 Å². The minimum Gasteiger partial charge on any atom is -0.477 e. The lowest BCUT2D eigenvalue weighted by Crippen LogP contribution is -2.18. The largest absolute Gasteiger partial charge is 0.477 e. The second kappa shape index (κ2) is 5.73. The normalized spacial score (nSPS) is 14.5. The Kier molecular flexibility index (Phi) is 4.24. The summed E-state index contributed by atoms with van der Waals surface area (Å²) in [7, 11) is 0. The van der Waals surface area contributed by atoms with Gasteiger partial charge in [-0.25, -0.2) is 4.79 Å². The fraction of sp³-hybridized carbons (Fsp3) is 0.308. The maximum atomic E-state index is 10.9. The molecule has 2 rings (SSSR count). The number of alkyl halides is 1. The number of aromatic amines is 1. The van der Waals surface area contributed by atoms with Crippen LogP contribution in [-0.2, 0) is 0 Å². The van der Waals surface area contributed by atoms with Crippen LogP contribution < -0.4 is 0 Å². The van der Waals surface area contributed by atoms with Crippen LogP contribution in [0.3, 0.4) is 0 Å². The van der Waals surface area contributed by atoms with E-state index < -0.39 is 18.2 Å². The zero-order valence-electron chi connectivity index (χ0n) is 10.0. The number of carboxylic acids is 1. The van der Waals surface area contributed by atoms with Gasteiger partial charge >= 0.3 is 5.97 Å². The number of carboxylic acid groups (broad SMARTS) is 1. The first-order chi connectivity index (χ1) is 9.02. The minimum atomic E-state index is -1.03. The van der Waals surface area contributed by atoms with Crippen LogP contribution in [0.5, 0.6) is 0 Å². The smallest absolute Gasteiger partial charge is 0.352 e. The molecular formula is C13H14BrNO4. The summed E-state index contributed by atoms with van der Waals surface area (Å²) in [5, 5.41) is 29.9. The van der Waals surface area contributed by atoms with Crippen LogP contribution in [0.25, 0.3) is 10.9 Å². The molecule has 0 bridgehead atoms. The number of carbonyl (C=O) groups is 1. The molecule has 4 N–H and O–H groups in total. The van der Waals surface area contributed by atoms with Gasteiger partial charge in [0, 0.05) is 16.2 Å². The van der Waals surface area contributed by atoms with Gasteiger partial charge in [-0.3, -0.25) is 0 Å². The highest BCUT2D eigenvalue weighted by Gasteiger charge is 2.18. The Hall–Kier alpha value is -1.37. The molecule has 102 valence electrons. The molecule has 0 saturated carbocycles. The zero-order valence-corrected chi connectivity index (χ0v) is 11.6. The molecule has 2 aromatic rings. The Bertz CT molecular complexity index is 595. The van der Waals surface area contributed by atoms with Crippen molar-refractivity contribution in [1.82, 2.24) is 4.98 Å². The Morgan fingerprint density at radius 2 is 2.05 bits per heavy atom. The van der Waals surface area contributed by atoms with Crippen molar-refractivity contribution < 1.29 is 20.1 Å². The first kappa shape index (κ1) is 14.0. The van der Waals surface area contributed by atoms with E-state index >= 15 is 0 Å². The number of fused-ring (bicyclic) bond motifs is 1. The number of aliphatic hydroxyl groups is 2. The van der Waals surface area contributed by atoms with Crippen LogP contribution in [0.1, 0.15) is 28.6 Å². The molecule has 0 aliphatic carbocycles. The van der Waals surface area contributed by atoms with E-state index in [4.69, 9.17) is 5.11 Å². The number of hydrogen-bond acceptors (Lipinski definition) is 3. The molecular weight excluding hydrogens is 314 g/mol. The summed E-state index contributed by atoms with van der Waals surface area (Å²) in [6, 6.07) is 6.55. The van der Waals surface area contributed by atoms with Crippen molar-refractivity contribution in [2.75, 3.05) is 5.33 Å². The molecule has 0 spiro atoms. The maximum Gasteiger partial charge on any atom is 0.352 e. The van der Waals surface area contributed by atoms with E-state index in [1.165, 1.54) is 6.07 Å². The molecule has 0 aliphatic heterocycles. The molecule has 6 heteroatoms. The molecule has 2 unspecified atom stereocenters. The second-order valence-electron chi connectivity index (χ2n) is 4.32. The van der Waals surface area contributed by atoms with Gasteiger partial charge in [-0.15, -0.1) is 0 Å². The third-order valence-electron chi connectivity index (χ3n) is 2.99. The Balaban J connectivity index is 2.32. The van der Waals surface area contributed by atoms with Gasteiger partial charge in [0.15, 0.2) is 0 Å².